The minimum atomic E-state index is -0.704. The highest BCUT2D eigenvalue weighted by molar-refractivity contribution is 5.99. The van der Waals surface area contributed by atoms with Crippen LogP contribution in [0.4, 0.5) is 0 Å². The van der Waals surface area contributed by atoms with Gasteiger partial charge in [0.15, 0.2) is 18.1 Å². The number of rotatable bonds is 9. The second-order valence-corrected chi connectivity index (χ2v) is 6.27. The number of para-hydroxylation sites is 1. The van der Waals surface area contributed by atoms with E-state index in [4.69, 9.17) is 23.8 Å². The molecule has 1 aliphatic heterocycles. The summed E-state index contributed by atoms with van der Waals surface area (Å²) in [4.78, 5) is 28.6. The third-order valence-electron chi connectivity index (χ3n) is 4.21. The summed E-state index contributed by atoms with van der Waals surface area (Å²) in [5.41, 5.74) is 2.13. The van der Waals surface area contributed by atoms with Crippen LogP contribution >= 0.6 is 0 Å². The van der Waals surface area contributed by atoms with Crippen molar-refractivity contribution in [2.24, 2.45) is 5.16 Å². The molecule has 0 fully saturated rings. The largest absolute Gasteiger partial charge is 0.496 e. The number of nitrogens with zero attached hydrogens (tertiary/aromatic N) is 1. The minimum Gasteiger partial charge on any atom is -0.496 e. The monoisotopic (exact) mass is 414 g/mol. The number of carbonyl (C=O) groups excluding carboxylic acids is 2. The second kappa shape index (κ2) is 10.1. The number of ether oxygens (including phenoxy) is 4. The summed E-state index contributed by atoms with van der Waals surface area (Å²) < 4.78 is 20.7. The maximum atomic E-state index is 11.9. The molecule has 0 aromatic heterocycles. The van der Waals surface area contributed by atoms with Gasteiger partial charge in [-0.3, -0.25) is 4.79 Å². The van der Waals surface area contributed by atoms with Crippen LogP contribution in [0.15, 0.2) is 47.6 Å². The Morgan fingerprint density at radius 1 is 1.10 bits per heavy atom. The van der Waals surface area contributed by atoms with Crippen molar-refractivity contribution in [2.75, 3.05) is 27.1 Å². The standard InChI is InChI=1S/C21H22N2O7/c1-14(15-7-8-18-19(9-15)29-13-28-18)23-30-12-21(25)27-11-20(24)22-10-16-5-3-4-6-17(16)26-2/h3-9H,10-13H2,1-2H3,(H,22,24). The Kier molecular flexibility index (Phi) is 7.09. The van der Waals surface area contributed by atoms with E-state index in [-0.39, 0.29) is 13.3 Å². The molecule has 3 rings (SSSR count). The molecular formula is C21H22N2O7. The van der Waals surface area contributed by atoms with Gasteiger partial charge in [-0.2, -0.15) is 0 Å². The number of fused-ring (bicyclic) bond motifs is 1. The molecule has 0 aliphatic carbocycles. The third-order valence-corrected chi connectivity index (χ3v) is 4.21. The van der Waals surface area contributed by atoms with Crippen LogP contribution in [0.1, 0.15) is 18.1 Å². The summed E-state index contributed by atoms with van der Waals surface area (Å²) in [6.45, 7) is 1.34. The molecule has 0 bridgehead atoms. The molecule has 9 nitrogen and oxygen atoms in total. The van der Waals surface area contributed by atoms with Crippen molar-refractivity contribution < 1.29 is 33.4 Å². The fourth-order valence-electron chi connectivity index (χ4n) is 2.64. The molecule has 0 saturated heterocycles. The van der Waals surface area contributed by atoms with E-state index in [0.29, 0.717) is 23.0 Å². The lowest BCUT2D eigenvalue weighted by Gasteiger charge is -2.09. The highest BCUT2D eigenvalue weighted by Crippen LogP contribution is 2.32. The van der Waals surface area contributed by atoms with Crippen LogP contribution in [0.2, 0.25) is 0 Å². The minimum absolute atomic E-state index is 0.184. The Bertz CT molecular complexity index is 943. The van der Waals surface area contributed by atoms with Crippen molar-refractivity contribution in [3.63, 3.8) is 0 Å². The van der Waals surface area contributed by atoms with Crippen molar-refractivity contribution in [3.05, 3.63) is 53.6 Å². The fourth-order valence-corrected chi connectivity index (χ4v) is 2.64. The Morgan fingerprint density at radius 3 is 2.73 bits per heavy atom. The maximum absolute atomic E-state index is 11.9. The highest BCUT2D eigenvalue weighted by atomic mass is 16.7. The van der Waals surface area contributed by atoms with Crippen molar-refractivity contribution in [1.82, 2.24) is 5.32 Å². The quantitative estimate of drug-likeness (QED) is 0.380. The predicted molar refractivity (Wildman–Crippen MR) is 107 cm³/mol. The number of carbonyl (C=O) groups is 2. The highest BCUT2D eigenvalue weighted by Gasteiger charge is 2.14. The Morgan fingerprint density at radius 2 is 1.90 bits per heavy atom. The molecule has 0 unspecified atom stereocenters. The van der Waals surface area contributed by atoms with Crippen LogP contribution in [-0.2, 0) is 25.7 Å². The molecule has 1 N–H and O–H groups in total. The number of methoxy groups -OCH3 is 1. The molecule has 1 heterocycles. The van der Waals surface area contributed by atoms with Crippen LogP contribution in [-0.4, -0.2) is 44.7 Å². The first kappa shape index (κ1) is 21.0. The van der Waals surface area contributed by atoms with E-state index in [1.807, 2.05) is 18.2 Å². The van der Waals surface area contributed by atoms with E-state index in [1.54, 1.807) is 38.3 Å². The van der Waals surface area contributed by atoms with Gasteiger partial charge in [0.25, 0.3) is 5.91 Å². The molecule has 2 aromatic rings. The zero-order valence-corrected chi connectivity index (χ0v) is 16.7. The van der Waals surface area contributed by atoms with Crippen LogP contribution < -0.4 is 19.5 Å². The molecule has 0 atom stereocenters. The van der Waals surface area contributed by atoms with Crippen LogP contribution in [0, 0.1) is 0 Å². The van der Waals surface area contributed by atoms with Crippen molar-refractivity contribution in [2.45, 2.75) is 13.5 Å². The average Bonchev–Trinajstić information content (AvgIpc) is 3.24. The molecule has 0 spiro atoms. The van der Waals surface area contributed by atoms with Gasteiger partial charge in [-0.05, 0) is 31.2 Å². The maximum Gasteiger partial charge on any atom is 0.347 e. The van der Waals surface area contributed by atoms with Crippen LogP contribution in [0.5, 0.6) is 17.2 Å². The molecular weight excluding hydrogens is 392 g/mol. The Labute approximate surface area is 173 Å². The SMILES string of the molecule is COc1ccccc1CNC(=O)COC(=O)CON=C(C)c1ccc2c(c1)OCO2. The number of hydrogen-bond donors (Lipinski definition) is 1. The van der Waals surface area contributed by atoms with Crippen molar-refractivity contribution >= 4 is 17.6 Å². The first-order valence-electron chi connectivity index (χ1n) is 9.17. The van der Waals surface area contributed by atoms with Gasteiger partial charge >= 0.3 is 5.97 Å². The molecule has 0 saturated carbocycles. The van der Waals surface area contributed by atoms with Crippen LogP contribution in [0.3, 0.4) is 0 Å². The van der Waals surface area contributed by atoms with E-state index in [0.717, 1.165) is 11.1 Å². The number of nitrogens with one attached hydrogen (secondary N) is 1. The van der Waals surface area contributed by atoms with Crippen molar-refractivity contribution in [3.8, 4) is 17.2 Å². The van der Waals surface area contributed by atoms with E-state index in [9.17, 15) is 9.59 Å². The summed E-state index contributed by atoms with van der Waals surface area (Å²) in [6, 6.07) is 12.7. The predicted octanol–water partition coefficient (Wildman–Crippen LogP) is 2.02. The van der Waals surface area contributed by atoms with Gasteiger partial charge in [0.2, 0.25) is 13.4 Å². The molecule has 9 heteroatoms. The third kappa shape index (κ3) is 5.63. The van der Waals surface area contributed by atoms with Crippen LogP contribution in [0.25, 0.3) is 0 Å². The molecule has 158 valence electrons. The van der Waals surface area contributed by atoms with Crippen molar-refractivity contribution in [1.29, 1.82) is 0 Å². The van der Waals surface area contributed by atoms with E-state index in [2.05, 4.69) is 10.5 Å². The Balaban J connectivity index is 1.38. The number of oxime groups is 1. The number of esters is 1. The van der Waals surface area contributed by atoms with Gasteiger partial charge in [0.05, 0.1) is 12.8 Å². The smallest absolute Gasteiger partial charge is 0.347 e. The summed E-state index contributed by atoms with van der Waals surface area (Å²) in [5, 5.41) is 6.55. The van der Waals surface area contributed by atoms with Gasteiger partial charge in [0.1, 0.15) is 5.75 Å². The lowest BCUT2D eigenvalue weighted by Crippen LogP contribution is -2.29. The van der Waals surface area contributed by atoms with Gasteiger partial charge in [-0.25, -0.2) is 4.79 Å². The van der Waals surface area contributed by atoms with E-state index >= 15 is 0 Å². The fraction of sp³-hybridized carbons (Fsp3) is 0.286. The molecule has 1 amide bonds. The zero-order chi connectivity index (χ0) is 21.3. The number of amides is 1. The normalized spacial score (nSPS) is 12.3. The van der Waals surface area contributed by atoms with Gasteiger partial charge in [-0.1, -0.05) is 23.4 Å². The first-order valence-corrected chi connectivity index (χ1v) is 9.17. The van der Waals surface area contributed by atoms with E-state index in [1.165, 1.54) is 0 Å². The summed E-state index contributed by atoms with van der Waals surface area (Å²) >= 11 is 0. The molecule has 2 aromatic carbocycles. The number of benzene rings is 2. The summed E-state index contributed by atoms with van der Waals surface area (Å²) in [7, 11) is 1.55. The van der Waals surface area contributed by atoms with Gasteiger partial charge in [0, 0.05) is 17.7 Å². The van der Waals surface area contributed by atoms with Gasteiger partial charge in [-0.15, -0.1) is 0 Å². The second-order valence-electron chi connectivity index (χ2n) is 6.27. The summed E-state index contributed by atoms with van der Waals surface area (Å²) in [6.07, 6.45) is 0. The summed E-state index contributed by atoms with van der Waals surface area (Å²) in [5.74, 6) is 0.818. The number of hydrogen-bond acceptors (Lipinski definition) is 8. The Hall–Kier alpha value is -3.75. The van der Waals surface area contributed by atoms with Gasteiger partial charge < -0.3 is 29.1 Å². The zero-order valence-electron chi connectivity index (χ0n) is 16.7. The lowest BCUT2D eigenvalue weighted by molar-refractivity contribution is -0.152. The topological polar surface area (TPSA) is 105 Å². The molecule has 1 aliphatic rings. The molecule has 0 radical (unpaired) electrons. The first-order chi connectivity index (χ1) is 14.6. The molecule has 30 heavy (non-hydrogen) atoms. The lowest BCUT2D eigenvalue weighted by atomic mass is 10.1. The van der Waals surface area contributed by atoms with E-state index < -0.39 is 25.1 Å². The average molecular weight is 414 g/mol.